The van der Waals surface area contributed by atoms with Crippen molar-refractivity contribution in [1.29, 1.82) is 0 Å². The van der Waals surface area contributed by atoms with Crippen molar-refractivity contribution in [3.8, 4) is 0 Å². The van der Waals surface area contributed by atoms with Crippen LogP contribution in [0.5, 0.6) is 0 Å². The molecule has 0 N–H and O–H groups in total. The predicted molar refractivity (Wildman–Crippen MR) is 47.6 cm³/mol. The Morgan fingerprint density at radius 2 is 2.45 bits per heavy atom. The van der Waals surface area contributed by atoms with Crippen LogP contribution >= 0.6 is 11.6 Å². The lowest BCUT2D eigenvalue weighted by Crippen LogP contribution is -1.96. The lowest BCUT2D eigenvalue weighted by molar-refractivity contribution is 0.658. The van der Waals surface area contributed by atoms with E-state index in [1.54, 1.807) is 4.68 Å². The van der Waals surface area contributed by atoms with E-state index in [1.165, 1.54) is 0 Å². The molecule has 0 amide bonds. The molecule has 1 rings (SSSR count). The summed E-state index contributed by atoms with van der Waals surface area (Å²) in [5.74, 6) is 0. The van der Waals surface area contributed by atoms with E-state index in [2.05, 4.69) is 11.7 Å². The minimum atomic E-state index is 0.672. The molecular formula is C8H11ClN2. The number of hydrogen-bond donors (Lipinski definition) is 0. The Hall–Kier alpha value is -0.760. The topological polar surface area (TPSA) is 17.8 Å². The van der Waals surface area contributed by atoms with Crippen LogP contribution in [0.15, 0.2) is 12.6 Å². The maximum absolute atomic E-state index is 5.85. The molecule has 0 aliphatic carbocycles. The molecule has 0 saturated carbocycles. The largest absolute Gasteiger partial charge is 0.254 e. The quantitative estimate of drug-likeness (QED) is 0.667. The highest BCUT2D eigenvalue weighted by Crippen LogP contribution is 2.15. The molecule has 2 nitrogen and oxygen atoms in total. The lowest BCUT2D eigenvalue weighted by Gasteiger charge is -1.94. The number of allylic oxidation sites excluding steroid dienone is 1. The number of rotatable bonds is 2. The third kappa shape index (κ3) is 1.63. The van der Waals surface area contributed by atoms with E-state index < -0.39 is 0 Å². The van der Waals surface area contributed by atoms with Crippen molar-refractivity contribution >= 4 is 17.2 Å². The van der Waals surface area contributed by atoms with Crippen LogP contribution in [-0.2, 0) is 6.54 Å². The highest BCUT2D eigenvalue weighted by molar-refractivity contribution is 6.29. The Kier molecular flexibility index (Phi) is 2.35. The average Bonchev–Trinajstić information content (AvgIpc) is 2.31. The summed E-state index contributed by atoms with van der Waals surface area (Å²) in [6, 6.07) is 1.83. The summed E-state index contributed by atoms with van der Waals surface area (Å²) in [4.78, 5) is 0. The number of hydrogen-bond acceptors (Lipinski definition) is 1. The molecule has 0 aliphatic rings. The summed E-state index contributed by atoms with van der Waals surface area (Å²) in [5.41, 5.74) is 1.82. The molecule has 3 heteroatoms. The van der Waals surface area contributed by atoms with Gasteiger partial charge in [-0.2, -0.15) is 5.10 Å². The smallest absolute Gasteiger partial charge is 0.127 e. The van der Waals surface area contributed by atoms with Crippen molar-refractivity contribution in [3.05, 3.63) is 23.5 Å². The normalized spacial score (nSPS) is 10.1. The van der Waals surface area contributed by atoms with E-state index in [1.807, 2.05) is 19.9 Å². The van der Waals surface area contributed by atoms with E-state index in [4.69, 9.17) is 11.6 Å². The Morgan fingerprint density at radius 1 is 1.82 bits per heavy atom. The van der Waals surface area contributed by atoms with Gasteiger partial charge in [-0.05, 0) is 19.4 Å². The lowest BCUT2D eigenvalue weighted by atomic mass is 10.3. The van der Waals surface area contributed by atoms with Crippen LogP contribution in [0.3, 0.4) is 0 Å². The molecule has 60 valence electrons. The van der Waals surface area contributed by atoms with Crippen LogP contribution in [0, 0.1) is 0 Å². The molecule has 1 aromatic rings. The van der Waals surface area contributed by atoms with Crippen LogP contribution in [0.4, 0.5) is 0 Å². The van der Waals surface area contributed by atoms with Crippen LogP contribution in [0.2, 0.25) is 5.15 Å². The van der Waals surface area contributed by atoms with Crippen molar-refractivity contribution in [2.24, 2.45) is 0 Å². The minimum absolute atomic E-state index is 0.672. The zero-order chi connectivity index (χ0) is 8.43. The third-order valence-corrected chi connectivity index (χ3v) is 1.77. The Bertz CT molecular complexity index is 276. The summed E-state index contributed by atoms with van der Waals surface area (Å²) in [7, 11) is 0. The molecule has 0 saturated heterocycles. The Labute approximate surface area is 71.5 Å². The van der Waals surface area contributed by atoms with Gasteiger partial charge in [0, 0.05) is 12.6 Å². The van der Waals surface area contributed by atoms with Gasteiger partial charge in [0.2, 0.25) is 0 Å². The summed E-state index contributed by atoms with van der Waals surface area (Å²) in [6.07, 6.45) is 0. The maximum atomic E-state index is 5.85. The monoisotopic (exact) mass is 170 g/mol. The van der Waals surface area contributed by atoms with Crippen LogP contribution in [0.25, 0.3) is 5.57 Å². The second-order valence-electron chi connectivity index (χ2n) is 2.45. The van der Waals surface area contributed by atoms with Gasteiger partial charge in [-0.1, -0.05) is 18.2 Å². The highest BCUT2D eigenvalue weighted by Gasteiger charge is 2.03. The van der Waals surface area contributed by atoms with Gasteiger partial charge < -0.3 is 0 Å². The first kappa shape index (κ1) is 8.34. The fraction of sp³-hybridized carbons (Fsp3) is 0.375. The molecule has 0 bridgehead atoms. The second kappa shape index (κ2) is 3.09. The molecule has 0 aromatic carbocycles. The second-order valence-corrected chi connectivity index (χ2v) is 2.84. The van der Waals surface area contributed by atoms with Gasteiger partial charge in [0.25, 0.3) is 0 Å². The summed E-state index contributed by atoms with van der Waals surface area (Å²) in [6.45, 7) is 8.49. The van der Waals surface area contributed by atoms with Gasteiger partial charge in [-0.3, -0.25) is 4.68 Å². The minimum Gasteiger partial charge on any atom is -0.254 e. The SMILES string of the molecule is C=C(C)c1cc(Cl)n(CC)n1. The highest BCUT2D eigenvalue weighted by atomic mass is 35.5. The number of aryl methyl sites for hydroxylation is 1. The molecule has 0 spiro atoms. The standard InChI is InChI=1S/C8H11ClN2/c1-4-11-8(9)5-7(10-11)6(2)3/h5H,2,4H2,1,3H3. The number of nitrogens with zero attached hydrogens (tertiary/aromatic N) is 2. The van der Waals surface area contributed by atoms with Crippen molar-refractivity contribution in [1.82, 2.24) is 9.78 Å². The maximum Gasteiger partial charge on any atom is 0.127 e. The Morgan fingerprint density at radius 3 is 2.73 bits per heavy atom. The molecule has 0 unspecified atom stereocenters. The molecule has 1 heterocycles. The van der Waals surface area contributed by atoms with E-state index in [0.29, 0.717) is 5.15 Å². The summed E-state index contributed by atoms with van der Waals surface area (Å²) < 4.78 is 1.74. The van der Waals surface area contributed by atoms with Gasteiger partial charge in [-0.15, -0.1) is 0 Å². The molecule has 1 aromatic heterocycles. The van der Waals surface area contributed by atoms with Crippen molar-refractivity contribution in [2.45, 2.75) is 20.4 Å². The average molecular weight is 171 g/mol. The van der Waals surface area contributed by atoms with Crippen LogP contribution in [0.1, 0.15) is 19.5 Å². The molecular weight excluding hydrogens is 160 g/mol. The third-order valence-electron chi connectivity index (χ3n) is 1.47. The molecule has 0 radical (unpaired) electrons. The van der Waals surface area contributed by atoms with Crippen molar-refractivity contribution < 1.29 is 0 Å². The molecule has 11 heavy (non-hydrogen) atoms. The van der Waals surface area contributed by atoms with Crippen LogP contribution < -0.4 is 0 Å². The first-order valence-electron chi connectivity index (χ1n) is 3.54. The first-order valence-corrected chi connectivity index (χ1v) is 3.92. The zero-order valence-corrected chi connectivity index (χ0v) is 7.52. The van der Waals surface area contributed by atoms with Crippen LogP contribution in [-0.4, -0.2) is 9.78 Å². The van der Waals surface area contributed by atoms with Crippen molar-refractivity contribution in [3.63, 3.8) is 0 Å². The van der Waals surface area contributed by atoms with E-state index in [-0.39, 0.29) is 0 Å². The number of halogens is 1. The predicted octanol–water partition coefficient (Wildman–Crippen LogP) is 2.59. The van der Waals surface area contributed by atoms with E-state index in [9.17, 15) is 0 Å². The Balaban J connectivity index is 3.05. The van der Waals surface area contributed by atoms with Gasteiger partial charge in [-0.25, -0.2) is 0 Å². The van der Waals surface area contributed by atoms with Gasteiger partial charge in [0.05, 0.1) is 5.69 Å². The van der Waals surface area contributed by atoms with Gasteiger partial charge in [0.1, 0.15) is 5.15 Å². The first-order chi connectivity index (χ1) is 5.15. The fourth-order valence-electron chi connectivity index (χ4n) is 0.824. The molecule has 0 atom stereocenters. The molecule has 0 aliphatic heterocycles. The fourth-order valence-corrected chi connectivity index (χ4v) is 1.08. The zero-order valence-electron chi connectivity index (χ0n) is 6.76. The van der Waals surface area contributed by atoms with Gasteiger partial charge >= 0.3 is 0 Å². The van der Waals surface area contributed by atoms with Crippen molar-refractivity contribution in [2.75, 3.05) is 0 Å². The number of aromatic nitrogens is 2. The summed E-state index contributed by atoms with van der Waals surface area (Å²) >= 11 is 5.85. The van der Waals surface area contributed by atoms with E-state index in [0.717, 1.165) is 17.8 Å². The molecule has 0 fully saturated rings. The van der Waals surface area contributed by atoms with Gasteiger partial charge in [0.15, 0.2) is 0 Å². The van der Waals surface area contributed by atoms with E-state index >= 15 is 0 Å². The summed E-state index contributed by atoms with van der Waals surface area (Å²) in [5, 5.41) is 4.88.